The Balaban J connectivity index is 1.93. The second kappa shape index (κ2) is 10.9. The molecular formula is C23H32N4O3S. The standard InChI is InChI=1S/C23H32N4O3S/c1-6-27(7-2)22(28)20-11-8-18(9-12-20)15-25-23(24-4)26-16-19-10-13-21(17(3)14-19)31(5,29)30/h8-14H,6-7,15-16H2,1-5H3,(H2,24,25,26). The van der Waals surface area contributed by atoms with Crippen molar-refractivity contribution in [2.45, 2.75) is 38.8 Å². The second-order valence-corrected chi connectivity index (χ2v) is 9.31. The van der Waals surface area contributed by atoms with Crippen molar-refractivity contribution in [3.05, 3.63) is 64.7 Å². The van der Waals surface area contributed by atoms with Crippen molar-refractivity contribution in [3.8, 4) is 0 Å². The molecule has 0 radical (unpaired) electrons. The van der Waals surface area contributed by atoms with E-state index in [4.69, 9.17) is 0 Å². The summed E-state index contributed by atoms with van der Waals surface area (Å²) in [6.45, 7) is 8.20. The maximum absolute atomic E-state index is 12.4. The molecule has 2 N–H and O–H groups in total. The van der Waals surface area contributed by atoms with Crippen molar-refractivity contribution in [3.63, 3.8) is 0 Å². The number of rotatable bonds is 8. The highest BCUT2D eigenvalue weighted by molar-refractivity contribution is 7.90. The van der Waals surface area contributed by atoms with Gasteiger partial charge >= 0.3 is 0 Å². The van der Waals surface area contributed by atoms with Crippen molar-refractivity contribution in [2.24, 2.45) is 4.99 Å². The van der Waals surface area contributed by atoms with Crippen LogP contribution in [0.1, 0.15) is 40.9 Å². The molecule has 1 amide bonds. The molecule has 31 heavy (non-hydrogen) atoms. The highest BCUT2D eigenvalue weighted by atomic mass is 32.2. The third kappa shape index (κ3) is 6.82. The Kier molecular flexibility index (Phi) is 8.62. The van der Waals surface area contributed by atoms with Crippen molar-refractivity contribution >= 4 is 21.7 Å². The van der Waals surface area contributed by atoms with E-state index >= 15 is 0 Å². The van der Waals surface area contributed by atoms with E-state index in [1.807, 2.05) is 44.2 Å². The molecule has 0 aliphatic heterocycles. The lowest BCUT2D eigenvalue weighted by Crippen LogP contribution is -2.36. The van der Waals surface area contributed by atoms with Crippen LogP contribution in [0, 0.1) is 6.92 Å². The monoisotopic (exact) mass is 444 g/mol. The molecular weight excluding hydrogens is 412 g/mol. The zero-order chi connectivity index (χ0) is 23.0. The minimum atomic E-state index is -3.22. The van der Waals surface area contributed by atoms with E-state index in [1.54, 1.807) is 31.0 Å². The number of nitrogens with one attached hydrogen (secondary N) is 2. The van der Waals surface area contributed by atoms with E-state index in [1.165, 1.54) is 6.26 Å². The summed E-state index contributed by atoms with van der Waals surface area (Å²) in [6.07, 6.45) is 1.21. The first-order valence-corrected chi connectivity index (χ1v) is 12.2. The number of hydrogen-bond acceptors (Lipinski definition) is 4. The second-order valence-electron chi connectivity index (χ2n) is 7.33. The fraction of sp³-hybridized carbons (Fsp3) is 0.391. The molecule has 8 heteroatoms. The summed E-state index contributed by atoms with van der Waals surface area (Å²) in [5, 5.41) is 6.48. The maximum Gasteiger partial charge on any atom is 0.253 e. The molecule has 0 aliphatic carbocycles. The van der Waals surface area contributed by atoms with Crippen LogP contribution >= 0.6 is 0 Å². The van der Waals surface area contributed by atoms with Crippen LogP contribution in [0.4, 0.5) is 0 Å². The average Bonchev–Trinajstić information content (AvgIpc) is 2.74. The third-order valence-electron chi connectivity index (χ3n) is 5.03. The quantitative estimate of drug-likeness (QED) is 0.483. The summed E-state index contributed by atoms with van der Waals surface area (Å²) < 4.78 is 23.5. The van der Waals surface area contributed by atoms with Gasteiger partial charge in [-0.3, -0.25) is 9.79 Å². The molecule has 7 nitrogen and oxygen atoms in total. The van der Waals surface area contributed by atoms with Crippen molar-refractivity contribution in [1.29, 1.82) is 0 Å². The number of aryl methyl sites for hydroxylation is 1. The van der Waals surface area contributed by atoms with Gasteiger partial charge < -0.3 is 15.5 Å². The SMILES string of the molecule is CCN(CC)C(=O)c1ccc(CNC(=NC)NCc2ccc(S(C)(=O)=O)c(C)c2)cc1. The zero-order valence-electron chi connectivity index (χ0n) is 18.9. The topological polar surface area (TPSA) is 90.9 Å². The molecule has 0 saturated heterocycles. The van der Waals surface area contributed by atoms with Gasteiger partial charge in [0.15, 0.2) is 15.8 Å². The highest BCUT2D eigenvalue weighted by Crippen LogP contribution is 2.16. The highest BCUT2D eigenvalue weighted by Gasteiger charge is 2.12. The molecule has 2 aromatic carbocycles. The summed E-state index contributed by atoms with van der Waals surface area (Å²) >= 11 is 0. The Labute approximate surface area is 185 Å². The van der Waals surface area contributed by atoms with Gasteiger partial charge in [0.05, 0.1) is 4.90 Å². The van der Waals surface area contributed by atoms with Crippen molar-refractivity contribution in [2.75, 3.05) is 26.4 Å². The van der Waals surface area contributed by atoms with Gasteiger partial charge in [0.1, 0.15) is 0 Å². The van der Waals surface area contributed by atoms with Gasteiger partial charge in [0.25, 0.3) is 5.91 Å². The van der Waals surface area contributed by atoms with Crippen LogP contribution in [0.3, 0.4) is 0 Å². The molecule has 0 heterocycles. The molecule has 0 atom stereocenters. The Morgan fingerprint density at radius 2 is 1.52 bits per heavy atom. The van der Waals surface area contributed by atoms with Gasteiger partial charge in [-0.2, -0.15) is 0 Å². The predicted molar refractivity (Wildman–Crippen MR) is 125 cm³/mol. The number of carbonyl (C=O) groups excluding carboxylic acids is 1. The molecule has 0 bridgehead atoms. The zero-order valence-corrected chi connectivity index (χ0v) is 19.7. The van der Waals surface area contributed by atoms with Crippen LogP contribution in [-0.4, -0.2) is 51.6 Å². The van der Waals surface area contributed by atoms with E-state index < -0.39 is 9.84 Å². The summed E-state index contributed by atoms with van der Waals surface area (Å²) in [5.41, 5.74) is 3.41. The van der Waals surface area contributed by atoms with Crippen molar-refractivity contribution in [1.82, 2.24) is 15.5 Å². The lowest BCUT2D eigenvalue weighted by molar-refractivity contribution is 0.0773. The first kappa shape index (κ1) is 24.4. The molecule has 2 aromatic rings. The summed E-state index contributed by atoms with van der Waals surface area (Å²) in [5.74, 6) is 0.673. The van der Waals surface area contributed by atoms with E-state index in [0.717, 1.165) is 16.7 Å². The molecule has 168 valence electrons. The van der Waals surface area contributed by atoms with Gasteiger partial charge in [-0.15, -0.1) is 0 Å². The van der Waals surface area contributed by atoms with Gasteiger partial charge in [-0.25, -0.2) is 8.42 Å². The fourth-order valence-electron chi connectivity index (χ4n) is 3.29. The van der Waals surface area contributed by atoms with Crippen LogP contribution in [0.2, 0.25) is 0 Å². The van der Waals surface area contributed by atoms with Crippen molar-refractivity contribution < 1.29 is 13.2 Å². The number of guanidine groups is 1. The third-order valence-corrected chi connectivity index (χ3v) is 6.29. The molecule has 0 spiro atoms. The van der Waals surface area contributed by atoms with Crippen LogP contribution in [0.15, 0.2) is 52.4 Å². The Morgan fingerprint density at radius 3 is 2.00 bits per heavy atom. The molecule has 0 unspecified atom stereocenters. The fourth-order valence-corrected chi connectivity index (χ4v) is 4.25. The minimum Gasteiger partial charge on any atom is -0.352 e. The molecule has 0 fully saturated rings. The number of carbonyl (C=O) groups is 1. The lowest BCUT2D eigenvalue weighted by atomic mass is 10.1. The smallest absolute Gasteiger partial charge is 0.253 e. The lowest BCUT2D eigenvalue weighted by Gasteiger charge is -2.18. The molecule has 0 aliphatic rings. The number of nitrogens with zero attached hydrogens (tertiary/aromatic N) is 2. The van der Waals surface area contributed by atoms with E-state index in [0.29, 0.717) is 42.6 Å². The predicted octanol–water partition coefficient (Wildman–Crippen LogP) is 2.75. The van der Waals surface area contributed by atoms with Gasteiger partial charge in [-0.05, 0) is 55.7 Å². The molecule has 2 rings (SSSR count). The number of aliphatic imine (C=N–C) groups is 1. The van der Waals surface area contributed by atoms with Gasteiger partial charge in [0.2, 0.25) is 0 Å². The Hall–Kier alpha value is -2.87. The number of sulfone groups is 1. The van der Waals surface area contributed by atoms with Crippen LogP contribution < -0.4 is 10.6 Å². The number of hydrogen-bond donors (Lipinski definition) is 2. The van der Waals surface area contributed by atoms with E-state index in [2.05, 4.69) is 15.6 Å². The van der Waals surface area contributed by atoms with Crippen LogP contribution in [-0.2, 0) is 22.9 Å². The van der Waals surface area contributed by atoms with Gasteiger partial charge in [-0.1, -0.05) is 24.3 Å². The average molecular weight is 445 g/mol. The number of benzene rings is 2. The van der Waals surface area contributed by atoms with Crippen LogP contribution in [0.25, 0.3) is 0 Å². The van der Waals surface area contributed by atoms with Gasteiger partial charge in [0, 0.05) is 45.0 Å². The Morgan fingerprint density at radius 1 is 0.968 bits per heavy atom. The largest absolute Gasteiger partial charge is 0.352 e. The first-order chi connectivity index (χ1) is 14.7. The van der Waals surface area contributed by atoms with E-state index in [9.17, 15) is 13.2 Å². The molecule has 0 saturated carbocycles. The van der Waals surface area contributed by atoms with Crippen LogP contribution in [0.5, 0.6) is 0 Å². The Bertz CT molecular complexity index is 1030. The summed E-state index contributed by atoms with van der Waals surface area (Å²) in [7, 11) is -1.53. The summed E-state index contributed by atoms with van der Waals surface area (Å²) in [4.78, 5) is 18.8. The molecule has 0 aromatic heterocycles. The maximum atomic E-state index is 12.4. The first-order valence-electron chi connectivity index (χ1n) is 10.3. The minimum absolute atomic E-state index is 0.0409. The van der Waals surface area contributed by atoms with E-state index in [-0.39, 0.29) is 5.91 Å². The normalized spacial score (nSPS) is 11.8. The summed E-state index contributed by atoms with van der Waals surface area (Å²) in [6, 6.07) is 12.9. The number of amides is 1.